The lowest BCUT2D eigenvalue weighted by Crippen LogP contribution is -2.63. The first-order chi connectivity index (χ1) is 14.7. The Balaban J connectivity index is 1.61. The van der Waals surface area contributed by atoms with Crippen molar-refractivity contribution in [2.45, 2.75) is 32.9 Å². The third-order valence-corrected chi connectivity index (χ3v) is 8.09. The van der Waals surface area contributed by atoms with Gasteiger partial charge in [-0.1, -0.05) is 6.92 Å². The van der Waals surface area contributed by atoms with E-state index in [1.54, 1.807) is 30.0 Å². The Kier molecular flexibility index (Phi) is 4.40. The molecule has 0 bridgehead atoms. The number of hydrogen-bond donors (Lipinski definition) is 2. The van der Waals surface area contributed by atoms with Crippen LogP contribution in [0.5, 0.6) is 0 Å². The molecule has 2 aliphatic rings. The molecule has 2 N–H and O–H groups in total. The lowest BCUT2D eigenvalue weighted by molar-refractivity contribution is -0.163. The zero-order valence-electron chi connectivity index (χ0n) is 16.8. The van der Waals surface area contributed by atoms with Gasteiger partial charge in [-0.25, -0.2) is 14.8 Å². The fourth-order valence-electron chi connectivity index (χ4n) is 4.60. The molecule has 1 fully saturated rings. The number of fused-ring (bicyclic) bond motifs is 2. The van der Waals surface area contributed by atoms with Gasteiger partial charge in [0.25, 0.3) is 0 Å². The first-order valence-corrected chi connectivity index (χ1v) is 11.3. The van der Waals surface area contributed by atoms with Crippen molar-refractivity contribution in [1.29, 1.82) is 0 Å². The number of thiazole rings is 2. The fourth-order valence-corrected chi connectivity index (χ4v) is 6.56. The Morgan fingerprint density at radius 1 is 1.29 bits per heavy atom. The highest BCUT2D eigenvalue weighted by Gasteiger charge is 2.60. The number of aryl methyl sites for hydroxylation is 1. The molecule has 3 aromatic heterocycles. The maximum atomic E-state index is 13.0. The summed E-state index contributed by atoms with van der Waals surface area (Å²) in [4.78, 5) is 49.0. The van der Waals surface area contributed by atoms with Gasteiger partial charge < -0.3 is 15.1 Å². The third-order valence-electron chi connectivity index (χ3n) is 6.02. The maximum absolute atomic E-state index is 13.0. The van der Waals surface area contributed by atoms with Gasteiger partial charge in [0.2, 0.25) is 11.7 Å². The molecule has 5 rings (SSSR count). The molecule has 2 aliphatic heterocycles. The van der Waals surface area contributed by atoms with Gasteiger partial charge >= 0.3 is 5.97 Å². The smallest absolute Gasteiger partial charge is 0.352 e. The SMILES string of the molecule is Cc1ncsc1C(=O)c1ncn2cc(C3=C(C(=O)O)N4C(=O)[C@H]([C@@H](C)O)[C@H]4[C@H]3C)sc12. The van der Waals surface area contributed by atoms with Crippen LogP contribution in [-0.2, 0) is 9.59 Å². The number of hydrogen-bond acceptors (Lipinski definition) is 8. The van der Waals surface area contributed by atoms with E-state index >= 15 is 0 Å². The van der Waals surface area contributed by atoms with Crippen molar-refractivity contribution in [1.82, 2.24) is 19.3 Å². The van der Waals surface area contributed by atoms with Crippen molar-refractivity contribution in [3.63, 3.8) is 0 Å². The highest BCUT2D eigenvalue weighted by atomic mass is 32.1. The van der Waals surface area contributed by atoms with Crippen molar-refractivity contribution in [2.24, 2.45) is 11.8 Å². The van der Waals surface area contributed by atoms with Gasteiger partial charge in [-0.3, -0.25) is 14.0 Å². The van der Waals surface area contributed by atoms with Crippen LogP contribution in [0.15, 0.2) is 23.7 Å². The van der Waals surface area contributed by atoms with E-state index < -0.39 is 24.0 Å². The minimum atomic E-state index is -1.19. The van der Waals surface area contributed by atoms with E-state index in [9.17, 15) is 24.6 Å². The molecule has 0 aliphatic carbocycles. The second-order valence-corrected chi connectivity index (χ2v) is 9.70. The lowest BCUT2D eigenvalue weighted by atomic mass is 9.77. The summed E-state index contributed by atoms with van der Waals surface area (Å²) in [5.74, 6) is -2.69. The number of carbonyl (C=O) groups is 3. The molecule has 11 heteroatoms. The number of carboxylic acid groups (broad SMARTS) is 1. The Hall–Kier alpha value is -2.89. The second-order valence-electron chi connectivity index (χ2n) is 7.82. The van der Waals surface area contributed by atoms with Crippen LogP contribution < -0.4 is 0 Å². The number of carboxylic acids is 1. The van der Waals surface area contributed by atoms with E-state index in [1.807, 2.05) is 6.92 Å². The van der Waals surface area contributed by atoms with Crippen LogP contribution in [-0.4, -0.2) is 59.3 Å². The van der Waals surface area contributed by atoms with Gasteiger partial charge in [0.1, 0.15) is 22.5 Å². The normalized spacial score (nSPS) is 23.9. The number of amides is 1. The number of aliphatic hydroxyl groups excluding tert-OH is 1. The number of imidazole rings is 1. The van der Waals surface area contributed by atoms with Crippen LogP contribution in [0.25, 0.3) is 10.4 Å². The molecule has 0 radical (unpaired) electrons. The Labute approximate surface area is 184 Å². The second kappa shape index (κ2) is 6.81. The van der Waals surface area contributed by atoms with Crippen LogP contribution in [0.3, 0.4) is 0 Å². The number of β-lactam (4-membered cyclic amide) rings is 1. The Bertz CT molecular complexity index is 1300. The quantitative estimate of drug-likeness (QED) is 0.443. The molecule has 0 aromatic carbocycles. The Morgan fingerprint density at radius 2 is 2.03 bits per heavy atom. The Morgan fingerprint density at radius 3 is 2.65 bits per heavy atom. The number of ketones is 1. The van der Waals surface area contributed by atoms with Gasteiger partial charge in [0, 0.05) is 17.7 Å². The summed E-state index contributed by atoms with van der Waals surface area (Å²) in [7, 11) is 0. The lowest BCUT2D eigenvalue weighted by Gasteiger charge is -2.46. The highest BCUT2D eigenvalue weighted by Crippen LogP contribution is 2.51. The molecule has 31 heavy (non-hydrogen) atoms. The number of aromatic nitrogens is 3. The van der Waals surface area contributed by atoms with Gasteiger partial charge in [0.05, 0.1) is 39.0 Å². The van der Waals surface area contributed by atoms with Crippen molar-refractivity contribution in [2.75, 3.05) is 0 Å². The van der Waals surface area contributed by atoms with Crippen LogP contribution in [0.4, 0.5) is 0 Å². The number of aliphatic carboxylic acids is 1. The van der Waals surface area contributed by atoms with Crippen LogP contribution in [0.1, 0.15) is 39.8 Å². The average Bonchev–Trinajstić information content (AvgIpc) is 3.42. The molecule has 0 spiro atoms. The number of nitrogens with zero attached hydrogens (tertiary/aromatic N) is 4. The molecule has 0 unspecified atom stereocenters. The predicted octanol–water partition coefficient (Wildman–Crippen LogP) is 2.04. The highest BCUT2D eigenvalue weighted by molar-refractivity contribution is 7.19. The molecule has 1 saturated heterocycles. The summed E-state index contributed by atoms with van der Waals surface area (Å²) in [6, 6.07) is -0.394. The molecule has 5 heterocycles. The van der Waals surface area contributed by atoms with E-state index in [-0.39, 0.29) is 29.0 Å². The minimum Gasteiger partial charge on any atom is -0.477 e. The van der Waals surface area contributed by atoms with Crippen molar-refractivity contribution in [3.8, 4) is 0 Å². The summed E-state index contributed by atoms with van der Waals surface area (Å²) in [5, 5.41) is 19.9. The van der Waals surface area contributed by atoms with E-state index in [0.29, 0.717) is 25.9 Å². The molecule has 4 atom stereocenters. The first kappa shape index (κ1) is 20.0. The summed E-state index contributed by atoms with van der Waals surface area (Å²) in [5.41, 5.74) is 3.02. The molecular weight excluding hydrogens is 440 g/mol. The summed E-state index contributed by atoms with van der Waals surface area (Å²) < 4.78 is 1.70. The largest absolute Gasteiger partial charge is 0.477 e. The van der Waals surface area contributed by atoms with Gasteiger partial charge in [-0.05, 0) is 13.8 Å². The third kappa shape index (κ3) is 2.66. The maximum Gasteiger partial charge on any atom is 0.352 e. The van der Waals surface area contributed by atoms with E-state index in [4.69, 9.17) is 0 Å². The van der Waals surface area contributed by atoms with Crippen molar-refractivity contribution >= 4 is 50.7 Å². The van der Waals surface area contributed by atoms with Crippen molar-refractivity contribution in [3.05, 3.63) is 44.9 Å². The molecule has 3 aromatic rings. The van der Waals surface area contributed by atoms with Crippen LogP contribution in [0, 0.1) is 18.8 Å². The minimum absolute atomic E-state index is 0.0527. The fraction of sp³-hybridized carbons (Fsp3) is 0.350. The number of aliphatic hydroxyl groups is 1. The average molecular weight is 459 g/mol. The molecule has 1 amide bonds. The first-order valence-electron chi connectivity index (χ1n) is 9.62. The zero-order valence-corrected chi connectivity index (χ0v) is 18.4. The number of carbonyl (C=O) groups excluding carboxylic acids is 2. The zero-order chi connectivity index (χ0) is 22.2. The molecule has 9 nitrogen and oxygen atoms in total. The van der Waals surface area contributed by atoms with Gasteiger partial charge in [-0.15, -0.1) is 22.7 Å². The van der Waals surface area contributed by atoms with Crippen LogP contribution in [0.2, 0.25) is 0 Å². The van der Waals surface area contributed by atoms with Gasteiger partial charge in [-0.2, -0.15) is 0 Å². The summed E-state index contributed by atoms with van der Waals surface area (Å²) in [6.45, 7) is 5.18. The molecular formula is C20H18N4O5S2. The van der Waals surface area contributed by atoms with Gasteiger partial charge in [0.15, 0.2) is 0 Å². The van der Waals surface area contributed by atoms with E-state index in [0.717, 1.165) is 0 Å². The van der Waals surface area contributed by atoms with E-state index in [1.165, 1.54) is 33.9 Å². The summed E-state index contributed by atoms with van der Waals surface area (Å²) >= 11 is 2.52. The standard InChI is InChI=1S/C20H18N4O5S2/c1-7-11(15(20(28)29)24-14(7)12(9(3)25)18(24)27)10-4-23-5-21-13(19(23)31-10)16(26)17-8(2)22-6-30-17/h4-7,9,12,14,25H,1-3H3,(H,28,29)/t7-,9+,12+,14+/m0/s1. The topological polar surface area (TPSA) is 125 Å². The van der Waals surface area contributed by atoms with E-state index in [2.05, 4.69) is 9.97 Å². The van der Waals surface area contributed by atoms with Crippen LogP contribution >= 0.6 is 22.7 Å². The molecule has 160 valence electrons. The molecule has 0 saturated carbocycles. The number of rotatable bonds is 5. The predicted molar refractivity (Wildman–Crippen MR) is 113 cm³/mol. The monoisotopic (exact) mass is 458 g/mol. The van der Waals surface area contributed by atoms with Crippen molar-refractivity contribution < 1.29 is 24.6 Å². The summed E-state index contributed by atoms with van der Waals surface area (Å²) in [6.07, 6.45) is 2.41.